The summed E-state index contributed by atoms with van der Waals surface area (Å²) in [6.45, 7) is 10.8. The monoisotopic (exact) mass is 312 g/mol. The molecule has 1 aliphatic heterocycles. The van der Waals surface area contributed by atoms with Crippen molar-refractivity contribution in [2.45, 2.75) is 96.1 Å². The Balaban J connectivity index is 1.84. The van der Waals surface area contributed by atoms with E-state index in [0.717, 1.165) is 38.7 Å². The first-order valence-corrected chi connectivity index (χ1v) is 8.54. The Labute approximate surface area is 134 Å². The number of carbonyl (C=O) groups excluding carboxylic acids is 1. The van der Waals surface area contributed by atoms with Crippen molar-refractivity contribution < 1.29 is 14.3 Å². The van der Waals surface area contributed by atoms with Crippen LogP contribution in [0.5, 0.6) is 0 Å². The Morgan fingerprint density at radius 3 is 2.50 bits per heavy atom. The Bertz CT molecular complexity index is 390. The zero-order valence-corrected chi connectivity index (χ0v) is 14.7. The Hall–Kier alpha value is -0.810. The van der Waals surface area contributed by atoms with Gasteiger partial charge in [0.15, 0.2) is 0 Å². The molecule has 2 N–H and O–H groups in total. The molecule has 1 saturated carbocycles. The highest BCUT2D eigenvalue weighted by Crippen LogP contribution is 2.27. The van der Waals surface area contributed by atoms with E-state index >= 15 is 0 Å². The summed E-state index contributed by atoms with van der Waals surface area (Å²) in [5, 5.41) is 6.78. The van der Waals surface area contributed by atoms with Crippen molar-refractivity contribution in [2.75, 3.05) is 6.61 Å². The van der Waals surface area contributed by atoms with Crippen molar-refractivity contribution in [3.05, 3.63) is 0 Å². The topological polar surface area (TPSA) is 59.6 Å². The molecule has 1 aliphatic carbocycles. The average molecular weight is 312 g/mol. The van der Waals surface area contributed by atoms with Crippen LogP contribution in [0.3, 0.4) is 0 Å². The standard InChI is InChI=1S/C17H32N2O3/c1-16(2,3)22-15(20)19-14-8-6-7-13(14)18-12-9-10-21-17(4,5)11-12/h12-14,18H,6-11H2,1-5H3,(H,19,20)/t12-,13-,14+/m0/s1. The van der Waals surface area contributed by atoms with E-state index in [0.29, 0.717) is 12.1 Å². The molecule has 0 radical (unpaired) electrons. The van der Waals surface area contributed by atoms with Gasteiger partial charge in [-0.1, -0.05) is 0 Å². The number of amides is 1. The van der Waals surface area contributed by atoms with E-state index in [1.165, 1.54) is 0 Å². The molecule has 1 heterocycles. The summed E-state index contributed by atoms with van der Waals surface area (Å²) in [4.78, 5) is 12.0. The summed E-state index contributed by atoms with van der Waals surface area (Å²) in [5.74, 6) is 0. The van der Waals surface area contributed by atoms with Gasteiger partial charge in [-0.2, -0.15) is 0 Å². The zero-order chi connectivity index (χ0) is 16.4. The molecule has 22 heavy (non-hydrogen) atoms. The molecule has 0 bridgehead atoms. The lowest BCUT2D eigenvalue weighted by atomic mass is 9.93. The Kier molecular flexibility index (Phi) is 5.38. The molecule has 1 amide bonds. The van der Waals surface area contributed by atoms with Crippen molar-refractivity contribution in [1.29, 1.82) is 0 Å². The number of hydrogen-bond acceptors (Lipinski definition) is 4. The maximum Gasteiger partial charge on any atom is 0.407 e. The first kappa shape index (κ1) is 17.5. The number of nitrogens with one attached hydrogen (secondary N) is 2. The fourth-order valence-corrected chi connectivity index (χ4v) is 3.47. The first-order chi connectivity index (χ1) is 10.1. The molecule has 0 unspecified atom stereocenters. The summed E-state index contributed by atoms with van der Waals surface area (Å²) < 4.78 is 11.1. The molecule has 2 fully saturated rings. The lowest BCUT2D eigenvalue weighted by Gasteiger charge is -2.38. The predicted octanol–water partition coefficient (Wildman–Crippen LogP) is 2.98. The molecule has 0 aromatic rings. The van der Waals surface area contributed by atoms with Crippen molar-refractivity contribution in [3.8, 4) is 0 Å². The molecule has 2 rings (SSSR count). The van der Waals surface area contributed by atoms with Crippen LogP contribution < -0.4 is 10.6 Å². The molecule has 3 atom stereocenters. The molecular formula is C17H32N2O3. The predicted molar refractivity (Wildman–Crippen MR) is 87.0 cm³/mol. The maximum absolute atomic E-state index is 12.0. The van der Waals surface area contributed by atoms with Crippen molar-refractivity contribution >= 4 is 6.09 Å². The Morgan fingerprint density at radius 2 is 1.86 bits per heavy atom. The highest BCUT2D eigenvalue weighted by Gasteiger charge is 2.35. The third kappa shape index (κ3) is 5.43. The van der Waals surface area contributed by atoms with Gasteiger partial charge in [0.1, 0.15) is 5.60 Å². The van der Waals surface area contributed by atoms with Crippen molar-refractivity contribution in [3.63, 3.8) is 0 Å². The van der Waals surface area contributed by atoms with Crippen molar-refractivity contribution in [2.24, 2.45) is 0 Å². The van der Waals surface area contributed by atoms with Gasteiger partial charge in [0.05, 0.1) is 5.60 Å². The van der Waals surface area contributed by atoms with Crippen LogP contribution in [0.25, 0.3) is 0 Å². The van der Waals surface area contributed by atoms with Crippen LogP contribution in [-0.4, -0.2) is 42.0 Å². The normalized spacial score (nSPS) is 31.8. The van der Waals surface area contributed by atoms with Crippen LogP contribution in [0.1, 0.15) is 66.7 Å². The average Bonchev–Trinajstić information content (AvgIpc) is 2.72. The minimum Gasteiger partial charge on any atom is -0.444 e. The van der Waals surface area contributed by atoms with E-state index in [9.17, 15) is 4.79 Å². The highest BCUT2D eigenvalue weighted by molar-refractivity contribution is 5.68. The number of carbonyl (C=O) groups is 1. The van der Waals surface area contributed by atoms with Crippen molar-refractivity contribution in [1.82, 2.24) is 10.6 Å². The van der Waals surface area contributed by atoms with Gasteiger partial charge in [0, 0.05) is 24.7 Å². The fourth-order valence-electron chi connectivity index (χ4n) is 3.47. The summed E-state index contributed by atoms with van der Waals surface area (Å²) in [7, 11) is 0. The van der Waals surface area contributed by atoms with Crippen LogP contribution in [0.4, 0.5) is 4.79 Å². The van der Waals surface area contributed by atoms with E-state index in [-0.39, 0.29) is 17.7 Å². The maximum atomic E-state index is 12.0. The fraction of sp³-hybridized carbons (Fsp3) is 0.941. The number of hydrogen-bond donors (Lipinski definition) is 2. The molecule has 5 nitrogen and oxygen atoms in total. The van der Waals surface area contributed by atoms with Gasteiger partial charge >= 0.3 is 6.09 Å². The number of ether oxygens (including phenoxy) is 2. The largest absolute Gasteiger partial charge is 0.444 e. The molecular weight excluding hydrogens is 280 g/mol. The molecule has 0 spiro atoms. The second kappa shape index (κ2) is 6.75. The highest BCUT2D eigenvalue weighted by atomic mass is 16.6. The summed E-state index contributed by atoms with van der Waals surface area (Å²) >= 11 is 0. The second-order valence-electron chi connectivity index (χ2n) is 8.25. The molecule has 128 valence electrons. The van der Waals surface area contributed by atoms with Gasteiger partial charge in [-0.05, 0) is 66.7 Å². The lowest BCUT2D eigenvalue weighted by Crippen LogP contribution is -2.53. The van der Waals surface area contributed by atoms with Crippen LogP contribution in [0, 0.1) is 0 Å². The Morgan fingerprint density at radius 1 is 1.18 bits per heavy atom. The molecule has 1 saturated heterocycles. The van der Waals surface area contributed by atoms with E-state index in [4.69, 9.17) is 9.47 Å². The van der Waals surface area contributed by atoms with Crippen LogP contribution in [0.15, 0.2) is 0 Å². The quantitative estimate of drug-likeness (QED) is 0.841. The first-order valence-electron chi connectivity index (χ1n) is 8.54. The molecule has 2 aliphatic rings. The second-order valence-corrected chi connectivity index (χ2v) is 8.25. The van der Waals surface area contributed by atoms with Crippen LogP contribution in [-0.2, 0) is 9.47 Å². The third-order valence-corrected chi connectivity index (χ3v) is 4.36. The summed E-state index contributed by atoms with van der Waals surface area (Å²) in [6, 6.07) is 0.974. The minimum absolute atomic E-state index is 0.0530. The number of rotatable bonds is 3. The van der Waals surface area contributed by atoms with Crippen LogP contribution in [0.2, 0.25) is 0 Å². The third-order valence-electron chi connectivity index (χ3n) is 4.36. The van der Waals surface area contributed by atoms with Gasteiger partial charge in [-0.15, -0.1) is 0 Å². The van der Waals surface area contributed by atoms with E-state index in [1.54, 1.807) is 0 Å². The van der Waals surface area contributed by atoms with Crippen LogP contribution >= 0.6 is 0 Å². The van der Waals surface area contributed by atoms with E-state index < -0.39 is 5.60 Å². The molecule has 0 aromatic heterocycles. The molecule has 0 aromatic carbocycles. The van der Waals surface area contributed by atoms with Gasteiger partial charge in [-0.25, -0.2) is 4.79 Å². The SMILES string of the molecule is CC(C)(C)OC(=O)N[C@@H]1CCC[C@@H]1N[C@H]1CCOC(C)(C)C1. The molecule has 5 heteroatoms. The summed E-state index contributed by atoms with van der Waals surface area (Å²) in [5.41, 5.74) is -0.501. The lowest BCUT2D eigenvalue weighted by molar-refractivity contribution is -0.0644. The van der Waals surface area contributed by atoms with Gasteiger partial charge in [-0.3, -0.25) is 0 Å². The van der Waals surface area contributed by atoms with E-state index in [1.807, 2.05) is 20.8 Å². The van der Waals surface area contributed by atoms with Gasteiger partial charge in [0.25, 0.3) is 0 Å². The minimum atomic E-state index is -0.448. The van der Waals surface area contributed by atoms with Gasteiger partial charge < -0.3 is 20.1 Å². The smallest absolute Gasteiger partial charge is 0.407 e. The van der Waals surface area contributed by atoms with E-state index in [2.05, 4.69) is 24.5 Å². The zero-order valence-electron chi connectivity index (χ0n) is 14.7. The van der Waals surface area contributed by atoms with Gasteiger partial charge in [0.2, 0.25) is 0 Å². The summed E-state index contributed by atoms with van der Waals surface area (Å²) in [6.07, 6.45) is 5.02. The number of alkyl carbamates (subject to hydrolysis) is 1.